The summed E-state index contributed by atoms with van der Waals surface area (Å²) in [7, 11) is 1.82. The number of carbonyl (C=O) groups excluding carboxylic acids is 1. The van der Waals surface area contributed by atoms with Gasteiger partial charge in [-0.3, -0.25) is 4.79 Å². The maximum atomic E-state index is 12.6. The van der Waals surface area contributed by atoms with Gasteiger partial charge in [0.1, 0.15) is 0 Å². The normalized spacial score (nSPS) is 18.2. The van der Waals surface area contributed by atoms with E-state index in [2.05, 4.69) is 19.2 Å². The van der Waals surface area contributed by atoms with Crippen molar-refractivity contribution < 1.29 is 4.79 Å². The zero-order valence-corrected chi connectivity index (χ0v) is 12.5. The lowest BCUT2D eigenvalue weighted by atomic mass is 9.84. The highest BCUT2D eigenvalue weighted by Gasteiger charge is 2.30. The number of rotatable bonds is 2. The molecule has 0 aliphatic carbocycles. The zero-order chi connectivity index (χ0) is 14.0. The minimum absolute atomic E-state index is 0.0691. The largest absolute Gasteiger partial charge is 0.387 e. The summed E-state index contributed by atoms with van der Waals surface area (Å²) in [5.41, 5.74) is 1.69. The Balaban J connectivity index is 2.26. The number of amides is 1. The predicted octanol–water partition coefficient (Wildman–Crippen LogP) is 3.64. The van der Waals surface area contributed by atoms with Crippen LogP contribution in [-0.2, 0) is 0 Å². The number of likely N-dealkylation sites (tertiary alicyclic amines) is 1. The van der Waals surface area contributed by atoms with Crippen LogP contribution in [0.2, 0.25) is 5.02 Å². The van der Waals surface area contributed by atoms with Crippen LogP contribution < -0.4 is 5.32 Å². The summed E-state index contributed by atoms with van der Waals surface area (Å²) in [6.07, 6.45) is 2.24. The molecule has 1 saturated heterocycles. The van der Waals surface area contributed by atoms with Crippen molar-refractivity contribution in [2.45, 2.75) is 26.7 Å². The standard InChI is InChI=1S/C15H21ClN2O/c1-15(2)7-4-8-18(10-15)14(19)12-9-11(16)5-6-13(12)17-3/h5-6,9,17H,4,7-8,10H2,1-3H3. The van der Waals surface area contributed by atoms with Gasteiger partial charge in [-0.2, -0.15) is 0 Å². The molecule has 1 heterocycles. The van der Waals surface area contributed by atoms with Crippen LogP contribution in [0.5, 0.6) is 0 Å². The van der Waals surface area contributed by atoms with E-state index in [0.29, 0.717) is 10.6 Å². The predicted molar refractivity (Wildman–Crippen MR) is 79.9 cm³/mol. The smallest absolute Gasteiger partial charge is 0.256 e. The SMILES string of the molecule is CNc1ccc(Cl)cc1C(=O)N1CCCC(C)(C)C1. The molecule has 1 aromatic carbocycles. The first kappa shape index (κ1) is 14.2. The summed E-state index contributed by atoms with van der Waals surface area (Å²) in [6, 6.07) is 5.40. The molecule has 4 heteroatoms. The third-order valence-electron chi connectivity index (χ3n) is 3.67. The number of anilines is 1. The first-order valence-electron chi connectivity index (χ1n) is 6.69. The lowest BCUT2D eigenvalue weighted by Crippen LogP contribution is -2.43. The van der Waals surface area contributed by atoms with Crippen molar-refractivity contribution in [1.29, 1.82) is 0 Å². The Morgan fingerprint density at radius 2 is 2.16 bits per heavy atom. The second-order valence-electron chi connectivity index (χ2n) is 5.93. The molecule has 104 valence electrons. The molecule has 1 aliphatic heterocycles. The van der Waals surface area contributed by atoms with E-state index >= 15 is 0 Å². The molecule has 1 aliphatic rings. The van der Waals surface area contributed by atoms with Crippen LogP contribution in [0.3, 0.4) is 0 Å². The Labute approximate surface area is 119 Å². The average Bonchev–Trinajstić information content (AvgIpc) is 2.36. The summed E-state index contributed by atoms with van der Waals surface area (Å²) >= 11 is 6.01. The summed E-state index contributed by atoms with van der Waals surface area (Å²) in [4.78, 5) is 14.6. The molecule has 2 rings (SSSR count). The fourth-order valence-corrected chi connectivity index (χ4v) is 2.85. The molecule has 3 nitrogen and oxygen atoms in total. The van der Waals surface area contributed by atoms with Crippen LogP contribution in [0.25, 0.3) is 0 Å². The zero-order valence-electron chi connectivity index (χ0n) is 11.8. The molecule has 1 N–H and O–H groups in total. The molecule has 0 bridgehead atoms. The highest BCUT2D eigenvalue weighted by atomic mass is 35.5. The van der Waals surface area contributed by atoms with E-state index in [1.54, 1.807) is 12.1 Å². The van der Waals surface area contributed by atoms with Gasteiger partial charge in [0, 0.05) is 30.8 Å². The molecule has 0 unspecified atom stereocenters. The second kappa shape index (κ2) is 5.41. The van der Waals surface area contributed by atoms with Crippen molar-refractivity contribution in [3.05, 3.63) is 28.8 Å². The van der Waals surface area contributed by atoms with Crippen LogP contribution in [0.4, 0.5) is 5.69 Å². The summed E-state index contributed by atoms with van der Waals surface area (Å²) in [5.74, 6) is 0.0691. The Morgan fingerprint density at radius 1 is 1.42 bits per heavy atom. The Morgan fingerprint density at radius 3 is 2.79 bits per heavy atom. The van der Waals surface area contributed by atoms with Gasteiger partial charge in [0.05, 0.1) is 5.56 Å². The summed E-state index contributed by atoms with van der Waals surface area (Å²) < 4.78 is 0. The second-order valence-corrected chi connectivity index (χ2v) is 6.37. The molecule has 0 aromatic heterocycles. The first-order valence-corrected chi connectivity index (χ1v) is 7.07. The maximum Gasteiger partial charge on any atom is 0.256 e. The lowest BCUT2D eigenvalue weighted by molar-refractivity contribution is 0.0584. The van der Waals surface area contributed by atoms with Gasteiger partial charge in [-0.25, -0.2) is 0 Å². The van der Waals surface area contributed by atoms with Crippen LogP contribution in [0.1, 0.15) is 37.0 Å². The number of hydrogen-bond acceptors (Lipinski definition) is 2. The molecule has 0 radical (unpaired) electrons. The molecule has 0 saturated carbocycles. The number of hydrogen-bond donors (Lipinski definition) is 1. The first-order chi connectivity index (χ1) is 8.93. The Kier molecular flexibility index (Phi) is 4.04. The quantitative estimate of drug-likeness (QED) is 0.897. The molecule has 1 aromatic rings. The van der Waals surface area contributed by atoms with E-state index in [-0.39, 0.29) is 11.3 Å². The topological polar surface area (TPSA) is 32.3 Å². The Bertz CT molecular complexity index is 485. The van der Waals surface area contributed by atoms with E-state index in [1.165, 1.54) is 6.42 Å². The third-order valence-corrected chi connectivity index (χ3v) is 3.90. The average molecular weight is 281 g/mol. The van der Waals surface area contributed by atoms with Crippen LogP contribution in [0, 0.1) is 5.41 Å². The van der Waals surface area contributed by atoms with Gasteiger partial charge >= 0.3 is 0 Å². The van der Waals surface area contributed by atoms with Gasteiger partial charge in [0.25, 0.3) is 5.91 Å². The molecule has 1 fully saturated rings. The number of benzene rings is 1. The number of nitrogens with zero attached hydrogens (tertiary/aromatic N) is 1. The third kappa shape index (κ3) is 3.21. The van der Waals surface area contributed by atoms with Crippen LogP contribution in [-0.4, -0.2) is 30.9 Å². The van der Waals surface area contributed by atoms with E-state index in [1.807, 2.05) is 18.0 Å². The fourth-order valence-electron chi connectivity index (χ4n) is 2.68. The van der Waals surface area contributed by atoms with Crippen molar-refractivity contribution in [3.63, 3.8) is 0 Å². The van der Waals surface area contributed by atoms with Crippen molar-refractivity contribution in [2.24, 2.45) is 5.41 Å². The molecule has 1 amide bonds. The molecule has 0 atom stereocenters. The number of halogens is 1. The van der Waals surface area contributed by atoms with Gasteiger partial charge in [0.2, 0.25) is 0 Å². The van der Waals surface area contributed by atoms with Gasteiger partial charge in [-0.15, -0.1) is 0 Å². The van der Waals surface area contributed by atoms with Crippen molar-refractivity contribution in [1.82, 2.24) is 4.90 Å². The minimum Gasteiger partial charge on any atom is -0.387 e. The molecular formula is C15H21ClN2O. The lowest BCUT2D eigenvalue weighted by Gasteiger charge is -2.38. The van der Waals surface area contributed by atoms with Crippen LogP contribution in [0.15, 0.2) is 18.2 Å². The van der Waals surface area contributed by atoms with Gasteiger partial charge < -0.3 is 10.2 Å². The van der Waals surface area contributed by atoms with Crippen molar-refractivity contribution in [2.75, 3.05) is 25.5 Å². The summed E-state index contributed by atoms with van der Waals surface area (Å²) in [6.45, 7) is 6.06. The van der Waals surface area contributed by atoms with E-state index in [4.69, 9.17) is 11.6 Å². The van der Waals surface area contributed by atoms with E-state index < -0.39 is 0 Å². The molecule has 19 heavy (non-hydrogen) atoms. The number of nitrogens with one attached hydrogen (secondary N) is 1. The van der Waals surface area contributed by atoms with Gasteiger partial charge in [0.15, 0.2) is 0 Å². The number of carbonyl (C=O) groups is 1. The van der Waals surface area contributed by atoms with Crippen molar-refractivity contribution >= 4 is 23.2 Å². The minimum atomic E-state index is 0.0691. The summed E-state index contributed by atoms with van der Waals surface area (Å²) in [5, 5.41) is 3.65. The highest BCUT2D eigenvalue weighted by molar-refractivity contribution is 6.31. The van der Waals surface area contributed by atoms with Gasteiger partial charge in [-0.1, -0.05) is 25.4 Å². The molecule has 0 spiro atoms. The van der Waals surface area contributed by atoms with E-state index in [9.17, 15) is 4.79 Å². The highest BCUT2D eigenvalue weighted by Crippen LogP contribution is 2.30. The van der Waals surface area contributed by atoms with Crippen LogP contribution >= 0.6 is 11.6 Å². The van der Waals surface area contributed by atoms with Gasteiger partial charge in [-0.05, 0) is 36.5 Å². The van der Waals surface area contributed by atoms with E-state index in [0.717, 1.165) is 25.2 Å². The monoisotopic (exact) mass is 280 g/mol. The Hall–Kier alpha value is -1.22. The maximum absolute atomic E-state index is 12.6. The number of piperidine rings is 1. The molecular weight excluding hydrogens is 260 g/mol. The fraction of sp³-hybridized carbons (Fsp3) is 0.533. The van der Waals surface area contributed by atoms with Crippen molar-refractivity contribution in [3.8, 4) is 0 Å².